The summed E-state index contributed by atoms with van der Waals surface area (Å²) in [6, 6.07) is 0.172. The third-order valence-corrected chi connectivity index (χ3v) is 3.20. The number of hydrogen-bond donors (Lipinski definition) is 2. The predicted octanol–water partition coefficient (Wildman–Crippen LogP) is 0.339. The lowest BCUT2D eigenvalue weighted by atomic mass is 10.2. The van der Waals surface area contributed by atoms with Gasteiger partial charge in [-0.2, -0.15) is 0 Å². The second-order valence-electron chi connectivity index (χ2n) is 4.18. The maximum Gasteiger partial charge on any atom is 0.407 e. The van der Waals surface area contributed by atoms with Gasteiger partial charge < -0.3 is 20.7 Å². The van der Waals surface area contributed by atoms with E-state index < -0.39 is 0 Å². The first-order valence-electron chi connectivity index (χ1n) is 5.39. The molecule has 5 nitrogen and oxygen atoms in total. The molecule has 2 atom stereocenters. The number of likely N-dealkylation sites (tertiary alicyclic amines) is 1. The van der Waals surface area contributed by atoms with Gasteiger partial charge in [-0.3, -0.25) is 0 Å². The fourth-order valence-corrected chi connectivity index (χ4v) is 1.89. The van der Waals surface area contributed by atoms with Gasteiger partial charge in [-0.05, 0) is 6.42 Å². The van der Waals surface area contributed by atoms with Gasteiger partial charge in [0.05, 0.1) is 12.1 Å². The first-order chi connectivity index (χ1) is 7.52. The Morgan fingerprint density at radius 1 is 1.75 bits per heavy atom. The van der Waals surface area contributed by atoms with Gasteiger partial charge in [-0.1, -0.05) is 19.1 Å². The molecule has 0 spiro atoms. The number of nitrogens with one attached hydrogen (secondary N) is 1. The Labute approximate surface area is 101 Å². The maximum atomic E-state index is 11.0. The van der Waals surface area contributed by atoms with Gasteiger partial charge in [0.15, 0.2) is 0 Å². The van der Waals surface area contributed by atoms with Crippen molar-refractivity contribution in [2.24, 2.45) is 11.7 Å². The summed E-state index contributed by atoms with van der Waals surface area (Å²) in [5, 5.41) is 2.79. The number of amides is 1. The molecule has 0 saturated carbocycles. The summed E-state index contributed by atoms with van der Waals surface area (Å²) in [6.07, 6.45) is 0.577. The molecule has 1 rings (SSSR count). The van der Waals surface area contributed by atoms with Gasteiger partial charge in [0.1, 0.15) is 0 Å². The zero-order chi connectivity index (χ0) is 12.1. The summed E-state index contributed by atoms with van der Waals surface area (Å²) in [5.74, 6) is 0.215. The van der Waals surface area contributed by atoms with Crippen LogP contribution in [0.5, 0.6) is 0 Å². The van der Waals surface area contributed by atoms with Crippen LogP contribution in [0.2, 0.25) is 0 Å². The van der Waals surface area contributed by atoms with E-state index in [1.165, 1.54) is 7.11 Å². The van der Waals surface area contributed by atoms with E-state index >= 15 is 0 Å². The fourth-order valence-electron chi connectivity index (χ4n) is 1.82. The number of ether oxygens (including phenoxy) is 1. The van der Waals surface area contributed by atoms with Crippen molar-refractivity contribution in [3.05, 3.63) is 0 Å². The number of rotatable bonds is 4. The van der Waals surface area contributed by atoms with Crippen LogP contribution in [0.1, 0.15) is 13.3 Å². The standard InChI is InChI=1S/C10H19N3O2S/c1-7(9(11)16)5-13-4-3-8(6-13)12-10(14)15-2/h7-8H,3-6H2,1-2H3,(H2,11,16)(H,12,14). The highest BCUT2D eigenvalue weighted by Crippen LogP contribution is 2.11. The van der Waals surface area contributed by atoms with E-state index in [-0.39, 0.29) is 18.1 Å². The van der Waals surface area contributed by atoms with Crippen molar-refractivity contribution in [1.29, 1.82) is 0 Å². The molecule has 16 heavy (non-hydrogen) atoms. The van der Waals surface area contributed by atoms with Crippen LogP contribution in [0.25, 0.3) is 0 Å². The minimum Gasteiger partial charge on any atom is -0.453 e. The van der Waals surface area contributed by atoms with Gasteiger partial charge in [0.2, 0.25) is 0 Å². The highest BCUT2D eigenvalue weighted by molar-refractivity contribution is 7.80. The van der Waals surface area contributed by atoms with Crippen molar-refractivity contribution in [2.75, 3.05) is 26.7 Å². The van der Waals surface area contributed by atoms with Crippen LogP contribution in [-0.2, 0) is 4.74 Å². The minimum atomic E-state index is -0.366. The van der Waals surface area contributed by atoms with E-state index in [9.17, 15) is 4.79 Å². The van der Waals surface area contributed by atoms with Gasteiger partial charge in [0.25, 0.3) is 0 Å². The summed E-state index contributed by atoms with van der Waals surface area (Å²) < 4.78 is 4.56. The third kappa shape index (κ3) is 3.94. The molecular weight excluding hydrogens is 226 g/mol. The van der Waals surface area contributed by atoms with Crippen LogP contribution in [0.4, 0.5) is 4.79 Å². The van der Waals surface area contributed by atoms with E-state index in [1.807, 2.05) is 6.92 Å². The quantitative estimate of drug-likeness (QED) is 0.699. The molecule has 1 saturated heterocycles. The van der Waals surface area contributed by atoms with E-state index in [0.29, 0.717) is 4.99 Å². The Hall–Kier alpha value is -0.880. The van der Waals surface area contributed by atoms with Crippen LogP contribution >= 0.6 is 12.2 Å². The molecule has 0 aliphatic carbocycles. The zero-order valence-corrected chi connectivity index (χ0v) is 10.5. The molecule has 0 aromatic rings. The first-order valence-corrected chi connectivity index (χ1v) is 5.80. The normalized spacial score (nSPS) is 22.8. The smallest absolute Gasteiger partial charge is 0.407 e. The van der Waals surface area contributed by atoms with Crippen LogP contribution in [0.3, 0.4) is 0 Å². The summed E-state index contributed by atoms with van der Waals surface area (Å²) in [4.78, 5) is 13.8. The van der Waals surface area contributed by atoms with Crippen LogP contribution in [0, 0.1) is 5.92 Å². The molecule has 1 fully saturated rings. The average Bonchev–Trinajstić information content (AvgIpc) is 2.65. The third-order valence-electron chi connectivity index (χ3n) is 2.80. The van der Waals surface area contributed by atoms with E-state index in [0.717, 1.165) is 26.1 Å². The van der Waals surface area contributed by atoms with Crippen molar-refractivity contribution >= 4 is 23.3 Å². The Morgan fingerprint density at radius 2 is 2.44 bits per heavy atom. The number of alkyl carbamates (subject to hydrolysis) is 1. The number of carbonyl (C=O) groups excluding carboxylic acids is 1. The molecule has 2 unspecified atom stereocenters. The van der Waals surface area contributed by atoms with Gasteiger partial charge in [-0.25, -0.2) is 4.79 Å². The summed E-state index contributed by atoms with van der Waals surface area (Å²) >= 11 is 4.93. The molecule has 1 amide bonds. The second-order valence-corrected chi connectivity index (χ2v) is 4.66. The number of nitrogens with two attached hydrogens (primary N) is 1. The Balaban J connectivity index is 2.29. The molecule has 0 radical (unpaired) electrons. The molecule has 0 bridgehead atoms. The monoisotopic (exact) mass is 245 g/mol. The summed E-state index contributed by atoms with van der Waals surface area (Å²) in [7, 11) is 1.37. The SMILES string of the molecule is COC(=O)NC1CCN(CC(C)C(N)=S)C1. The first kappa shape index (κ1) is 13.2. The van der Waals surface area contributed by atoms with Crippen LogP contribution < -0.4 is 11.1 Å². The number of nitrogens with zero attached hydrogens (tertiary/aromatic N) is 1. The lowest BCUT2D eigenvalue weighted by Crippen LogP contribution is -2.38. The molecule has 1 heterocycles. The minimum absolute atomic E-state index is 0.172. The molecule has 0 aromatic heterocycles. The number of methoxy groups -OCH3 is 1. The fraction of sp³-hybridized carbons (Fsp3) is 0.800. The molecule has 6 heteroatoms. The van der Waals surface area contributed by atoms with E-state index in [4.69, 9.17) is 18.0 Å². The molecule has 1 aliphatic heterocycles. The molecule has 0 aromatic carbocycles. The molecule has 3 N–H and O–H groups in total. The molecule has 92 valence electrons. The summed E-state index contributed by atoms with van der Waals surface area (Å²) in [5.41, 5.74) is 5.57. The lowest BCUT2D eigenvalue weighted by Gasteiger charge is -2.20. The number of thiocarbonyl (C=S) groups is 1. The Bertz CT molecular complexity index is 273. The topological polar surface area (TPSA) is 67.6 Å². The number of hydrogen-bond acceptors (Lipinski definition) is 4. The average molecular weight is 245 g/mol. The number of carbonyl (C=O) groups is 1. The lowest BCUT2D eigenvalue weighted by molar-refractivity contribution is 0.166. The highest BCUT2D eigenvalue weighted by atomic mass is 32.1. The van der Waals surface area contributed by atoms with Crippen LogP contribution in [-0.4, -0.2) is 48.8 Å². The van der Waals surface area contributed by atoms with Crippen molar-refractivity contribution in [1.82, 2.24) is 10.2 Å². The van der Waals surface area contributed by atoms with Gasteiger partial charge >= 0.3 is 6.09 Å². The van der Waals surface area contributed by atoms with Gasteiger partial charge in [0, 0.05) is 31.6 Å². The largest absolute Gasteiger partial charge is 0.453 e. The summed E-state index contributed by atoms with van der Waals surface area (Å²) in [6.45, 7) is 4.67. The van der Waals surface area contributed by atoms with Crippen molar-refractivity contribution < 1.29 is 9.53 Å². The zero-order valence-electron chi connectivity index (χ0n) is 9.73. The van der Waals surface area contributed by atoms with E-state index in [2.05, 4.69) is 15.0 Å². The molecule has 1 aliphatic rings. The second kappa shape index (κ2) is 6.00. The van der Waals surface area contributed by atoms with Crippen molar-refractivity contribution in [3.63, 3.8) is 0 Å². The van der Waals surface area contributed by atoms with Crippen molar-refractivity contribution in [3.8, 4) is 0 Å². The van der Waals surface area contributed by atoms with Gasteiger partial charge in [-0.15, -0.1) is 0 Å². The van der Waals surface area contributed by atoms with E-state index in [1.54, 1.807) is 0 Å². The van der Waals surface area contributed by atoms with Crippen LogP contribution in [0.15, 0.2) is 0 Å². The Morgan fingerprint density at radius 3 is 3.00 bits per heavy atom. The van der Waals surface area contributed by atoms with Crippen molar-refractivity contribution in [2.45, 2.75) is 19.4 Å². The highest BCUT2D eigenvalue weighted by Gasteiger charge is 2.25. The maximum absolute atomic E-state index is 11.0. The predicted molar refractivity (Wildman–Crippen MR) is 66.3 cm³/mol. The Kier molecular flexibility index (Phi) is 4.95. The molecular formula is C10H19N3O2S.